The van der Waals surface area contributed by atoms with Gasteiger partial charge in [0, 0.05) is 37.6 Å². The van der Waals surface area contributed by atoms with Crippen LogP contribution in [0.2, 0.25) is 0 Å². The summed E-state index contributed by atoms with van der Waals surface area (Å²) < 4.78 is 0. The van der Waals surface area contributed by atoms with Gasteiger partial charge in [-0.15, -0.1) is 0 Å². The number of nitrogens with one attached hydrogen (secondary N) is 1. The number of amides is 1. The zero-order chi connectivity index (χ0) is 13.4. The maximum absolute atomic E-state index is 11.2. The minimum Gasteiger partial charge on any atom is -0.368 e. The van der Waals surface area contributed by atoms with E-state index in [9.17, 15) is 4.79 Å². The van der Waals surface area contributed by atoms with Gasteiger partial charge in [-0.1, -0.05) is 6.92 Å². The van der Waals surface area contributed by atoms with Crippen LogP contribution in [0.1, 0.15) is 23.8 Å². The SMILES string of the molecule is CCC1C2CNCC2CN1c1ccnc(C(N)=O)c1. The molecule has 0 aromatic carbocycles. The van der Waals surface area contributed by atoms with Crippen molar-refractivity contribution in [3.63, 3.8) is 0 Å². The predicted molar refractivity (Wildman–Crippen MR) is 74.0 cm³/mol. The van der Waals surface area contributed by atoms with Crippen LogP contribution in [0, 0.1) is 11.8 Å². The van der Waals surface area contributed by atoms with E-state index in [1.807, 2.05) is 12.1 Å². The molecule has 3 rings (SSSR count). The molecule has 0 aliphatic carbocycles. The molecule has 1 aromatic heterocycles. The Hall–Kier alpha value is -1.62. The highest BCUT2D eigenvalue weighted by molar-refractivity contribution is 5.91. The summed E-state index contributed by atoms with van der Waals surface area (Å²) in [5.74, 6) is 0.973. The molecule has 102 valence electrons. The van der Waals surface area contributed by atoms with Gasteiger partial charge >= 0.3 is 0 Å². The topological polar surface area (TPSA) is 71.2 Å². The van der Waals surface area contributed by atoms with Crippen LogP contribution in [0.3, 0.4) is 0 Å². The van der Waals surface area contributed by atoms with Crippen molar-refractivity contribution in [2.45, 2.75) is 19.4 Å². The fourth-order valence-electron chi connectivity index (χ4n) is 3.58. The molecule has 3 atom stereocenters. The van der Waals surface area contributed by atoms with Crippen molar-refractivity contribution in [3.8, 4) is 0 Å². The molecule has 5 nitrogen and oxygen atoms in total. The summed E-state index contributed by atoms with van der Waals surface area (Å²) in [6.07, 6.45) is 2.80. The zero-order valence-corrected chi connectivity index (χ0v) is 11.2. The van der Waals surface area contributed by atoms with Gasteiger partial charge in [0.25, 0.3) is 5.91 Å². The molecule has 3 unspecified atom stereocenters. The van der Waals surface area contributed by atoms with Crippen molar-refractivity contribution in [3.05, 3.63) is 24.0 Å². The summed E-state index contributed by atoms with van der Waals surface area (Å²) >= 11 is 0. The maximum atomic E-state index is 11.2. The average Bonchev–Trinajstić information content (AvgIpc) is 2.98. The molecule has 3 heterocycles. The van der Waals surface area contributed by atoms with E-state index >= 15 is 0 Å². The molecule has 2 saturated heterocycles. The number of aromatic nitrogens is 1. The van der Waals surface area contributed by atoms with Gasteiger partial charge in [-0.3, -0.25) is 9.78 Å². The largest absolute Gasteiger partial charge is 0.368 e. The molecule has 5 heteroatoms. The standard InChI is InChI=1S/C14H20N4O/c1-2-13-11-7-16-6-9(11)8-18(13)10-3-4-17-12(5-10)14(15)19/h3-5,9,11,13,16H,2,6-8H2,1H3,(H2,15,19). The first kappa shape index (κ1) is 12.4. The van der Waals surface area contributed by atoms with Crippen LogP contribution in [0.15, 0.2) is 18.3 Å². The number of carbonyl (C=O) groups excluding carboxylic acids is 1. The summed E-state index contributed by atoms with van der Waals surface area (Å²) in [6.45, 7) is 5.49. The second-order valence-corrected chi connectivity index (χ2v) is 5.47. The molecule has 19 heavy (non-hydrogen) atoms. The molecule has 0 bridgehead atoms. The first-order chi connectivity index (χ1) is 9.20. The lowest BCUT2D eigenvalue weighted by Crippen LogP contribution is -2.35. The van der Waals surface area contributed by atoms with Crippen LogP contribution in [0.4, 0.5) is 5.69 Å². The Morgan fingerprint density at radius 3 is 3.16 bits per heavy atom. The van der Waals surface area contributed by atoms with Crippen LogP contribution in [0.25, 0.3) is 0 Å². The third kappa shape index (κ3) is 2.08. The molecular weight excluding hydrogens is 240 g/mol. The van der Waals surface area contributed by atoms with Crippen molar-refractivity contribution in [1.82, 2.24) is 10.3 Å². The van der Waals surface area contributed by atoms with Crippen molar-refractivity contribution >= 4 is 11.6 Å². The molecule has 0 radical (unpaired) electrons. The normalized spacial score (nSPS) is 29.5. The number of anilines is 1. The van der Waals surface area contributed by atoms with Gasteiger partial charge in [0.15, 0.2) is 0 Å². The zero-order valence-electron chi connectivity index (χ0n) is 11.2. The monoisotopic (exact) mass is 260 g/mol. The summed E-state index contributed by atoms with van der Waals surface area (Å²) in [5, 5.41) is 3.48. The number of carbonyl (C=O) groups is 1. The highest BCUT2D eigenvalue weighted by Crippen LogP contribution is 2.37. The number of nitrogens with zero attached hydrogens (tertiary/aromatic N) is 2. The number of rotatable bonds is 3. The molecule has 2 aliphatic rings. The Balaban J connectivity index is 1.89. The van der Waals surface area contributed by atoms with E-state index in [-0.39, 0.29) is 0 Å². The van der Waals surface area contributed by atoms with Crippen LogP contribution in [0.5, 0.6) is 0 Å². The number of hydrogen-bond donors (Lipinski definition) is 2. The van der Waals surface area contributed by atoms with Gasteiger partial charge in [-0.05, 0) is 30.4 Å². The summed E-state index contributed by atoms with van der Waals surface area (Å²) in [6, 6.07) is 4.34. The average molecular weight is 260 g/mol. The lowest BCUT2D eigenvalue weighted by Gasteiger charge is -2.29. The van der Waals surface area contributed by atoms with E-state index in [2.05, 4.69) is 22.1 Å². The first-order valence-corrected chi connectivity index (χ1v) is 6.94. The first-order valence-electron chi connectivity index (χ1n) is 6.94. The number of nitrogens with two attached hydrogens (primary N) is 1. The number of pyridine rings is 1. The number of fused-ring (bicyclic) bond motifs is 1. The van der Waals surface area contributed by atoms with Gasteiger partial charge in [-0.2, -0.15) is 0 Å². The third-order valence-corrected chi connectivity index (χ3v) is 4.46. The summed E-state index contributed by atoms with van der Waals surface area (Å²) in [7, 11) is 0. The minimum atomic E-state index is -0.462. The fourth-order valence-corrected chi connectivity index (χ4v) is 3.58. The highest BCUT2D eigenvalue weighted by Gasteiger charge is 2.43. The van der Waals surface area contributed by atoms with Crippen LogP contribution in [-0.4, -0.2) is 36.6 Å². The molecule has 0 saturated carbocycles. The van der Waals surface area contributed by atoms with E-state index in [0.29, 0.717) is 11.7 Å². The Morgan fingerprint density at radius 1 is 1.58 bits per heavy atom. The van der Waals surface area contributed by atoms with E-state index in [1.165, 1.54) is 0 Å². The van der Waals surface area contributed by atoms with Gasteiger partial charge in [-0.25, -0.2) is 0 Å². The predicted octanol–water partition coefficient (Wildman–Crippen LogP) is 0.615. The van der Waals surface area contributed by atoms with Gasteiger partial charge < -0.3 is 16.0 Å². The number of hydrogen-bond acceptors (Lipinski definition) is 4. The molecular formula is C14H20N4O. The number of primary amides is 1. The Bertz CT molecular complexity index is 490. The van der Waals surface area contributed by atoms with Crippen LogP contribution < -0.4 is 16.0 Å². The van der Waals surface area contributed by atoms with Crippen molar-refractivity contribution in [2.75, 3.05) is 24.5 Å². The van der Waals surface area contributed by atoms with Crippen molar-refractivity contribution in [1.29, 1.82) is 0 Å². The van der Waals surface area contributed by atoms with Gasteiger partial charge in [0.05, 0.1) is 0 Å². The highest BCUT2D eigenvalue weighted by atomic mass is 16.1. The molecule has 1 aromatic rings. The van der Waals surface area contributed by atoms with Crippen molar-refractivity contribution < 1.29 is 4.79 Å². The Morgan fingerprint density at radius 2 is 2.42 bits per heavy atom. The molecule has 1 amide bonds. The maximum Gasteiger partial charge on any atom is 0.267 e. The van der Waals surface area contributed by atoms with E-state index < -0.39 is 5.91 Å². The lowest BCUT2D eigenvalue weighted by atomic mass is 9.93. The fraction of sp³-hybridized carbons (Fsp3) is 0.571. The molecule has 2 aliphatic heterocycles. The second-order valence-electron chi connectivity index (χ2n) is 5.47. The third-order valence-electron chi connectivity index (χ3n) is 4.46. The minimum absolute atomic E-state index is 0.350. The lowest BCUT2D eigenvalue weighted by molar-refractivity contribution is 0.0995. The van der Waals surface area contributed by atoms with Crippen molar-refractivity contribution in [2.24, 2.45) is 17.6 Å². The van der Waals surface area contributed by atoms with E-state index in [4.69, 9.17) is 5.73 Å². The molecule has 3 N–H and O–H groups in total. The van der Waals surface area contributed by atoms with Crippen LogP contribution >= 0.6 is 0 Å². The second kappa shape index (κ2) is 4.81. The van der Waals surface area contributed by atoms with Crippen LogP contribution in [-0.2, 0) is 0 Å². The smallest absolute Gasteiger partial charge is 0.267 e. The van der Waals surface area contributed by atoms with E-state index in [1.54, 1.807) is 6.20 Å². The molecule has 0 spiro atoms. The molecule has 2 fully saturated rings. The van der Waals surface area contributed by atoms with Gasteiger partial charge in [0.2, 0.25) is 0 Å². The quantitative estimate of drug-likeness (QED) is 0.835. The Labute approximate surface area is 113 Å². The Kier molecular flexibility index (Phi) is 3.14. The summed E-state index contributed by atoms with van der Waals surface area (Å²) in [5.41, 5.74) is 6.73. The van der Waals surface area contributed by atoms with Gasteiger partial charge in [0.1, 0.15) is 5.69 Å². The summed E-state index contributed by atoms with van der Waals surface area (Å²) in [4.78, 5) is 17.7. The van der Waals surface area contributed by atoms with E-state index in [0.717, 1.165) is 43.6 Å².